The van der Waals surface area contributed by atoms with Gasteiger partial charge in [-0.05, 0) is 55.8 Å². The molecule has 1 saturated heterocycles. The molecule has 0 saturated carbocycles. The Kier molecular flexibility index (Phi) is 5.22. The average Bonchev–Trinajstić information content (AvgIpc) is 3.27. The summed E-state index contributed by atoms with van der Waals surface area (Å²) in [6, 6.07) is 15.0. The molecular formula is C23H24N4O4S. The Morgan fingerprint density at radius 3 is 2.34 bits per heavy atom. The quantitative estimate of drug-likeness (QED) is 0.602. The van der Waals surface area contributed by atoms with Crippen LogP contribution in [-0.2, 0) is 10.0 Å². The predicted octanol–water partition coefficient (Wildman–Crippen LogP) is 3.00. The third-order valence-electron chi connectivity index (χ3n) is 5.83. The van der Waals surface area contributed by atoms with Gasteiger partial charge in [-0.15, -0.1) is 10.2 Å². The highest BCUT2D eigenvalue weighted by molar-refractivity contribution is 7.89. The van der Waals surface area contributed by atoms with Gasteiger partial charge in [0.15, 0.2) is 17.3 Å². The van der Waals surface area contributed by atoms with Gasteiger partial charge in [-0.1, -0.05) is 17.7 Å². The van der Waals surface area contributed by atoms with Crippen molar-refractivity contribution in [2.75, 3.05) is 37.9 Å². The molecule has 2 aromatic carbocycles. The van der Waals surface area contributed by atoms with Gasteiger partial charge in [0.25, 0.3) is 0 Å². The Morgan fingerprint density at radius 2 is 1.62 bits per heavy atom. The molecule has 8 nitrogen and oxygen atoms in total. The van der Waals surface area contributed by atoms with Gasteiger partial charge in [-0.25, -0.2) is 8.42 Å². The largest absolute Gasteiger partial charge is 0.454 e. The lowest BCUT2D eigenvalue weighted by Crippen LogP contribution is -2.49. The summed E-state index contributed by atoms with van der Waals surface area (Å²) in [5.74, 6) is 2.17. The molecule has 1 fully saturated rings. The molecule has 32 heavy (non-hydrogen) atoms. The maximum Gasteiger partial charge on any atom is 0.243 e. The number of anilines is 1. The second kappa shape index (κ2) is 8.07. The summed E-state index contributed by atoms with van der Waals surface area (Å²) in [5.41, 5.74) is 3.47. The van der Waals surface area contributed by atoms with E-state index in [1.807, 2.05) is 56.3 Å². The van der Waals surface area contributed by atoms with E-state index in [-0.39, 0.29) is 6.79 Å². The van der Waals surface area contributed by atoms with Gasteiger partial charge in [0.2, 0.25) is 16.8 Å². The molecule has 2 aliphatic rings. The minimum atomic E-state index is -3.51. The summed E-state index contributed by atoms with van der Waals surface area (Å²) in [6.45, 7) is 5.95. The van der Waals surface area contributed by atoms with Crippen molar-refractivity contribution in [2.24, 2.45) is 0 Å². The number of aromatic nitrogens is 2. The Hall–Kier alpha value is -3.17. The normalized spacial score (nSPS) is 16.4. The molecule has 3 heterocycles. The highest BCUT2D eigenvalue weighted by Gasteiger charge is 2.30. The molecule has 0 aliphatic carbocycles. The summed E-state index contributed by atoms with van der Waals surface area (Å²) >= 11 is 0. The highest BCUT2D eigenvalue weighted by Crippen LogP contribution is 2.35. The molecule has 0 radical (unpaired) electrons. The second-order valence-electron chi connectivity index (χ2n) is 8.00. The van der Waals surface area contributed by atoms with Crippen molar-refractivity contribution in [1.82, 2.24) is 14.5 Å². The summed E-state index contributed by atoms with van der Waals surface area (Å²) in [5, 5.41) is 8.74. The molecule has 0 atom stereocenters. The molecule has 0 bridgehead atoms. The number of rotatable bonds is 4. The first-order valence-electron chi connectivity index (χ1n) is 10.5. The number of ether oxygens (including phenoxy) is 2. The van der Waals surface area contributed by atoms with Gasteiger partial charge >= 0.3 is 0 Å². The van der Waals surface area contributed by atoms with E-state index in [2.05, 4.69) is 15.1 Å². The smallest absolute Gasteiger partial charge is 0.243 e. The van der Waals surface area contributed by atoms with Crippen molar-refractivity contribution in [3.63, 3.8) is 0 Å². The minimum absolute atomic E-state index is 0.231. The topological polar surface area (TPSA) is 84.9 Å². The van der Waals surface area contributed by atoms with E-state index in [1.54, 1.807) is 10.4 Å². The Bertz CT molecular complexity index is 1250. The van der Waals surface area contributed by atoms with Gasteiger partial charge in [-0.3, -0.25) is 0 Å². The number of hydrogen-bond acceptors (Lipinski definition) is 7. The van der Waals surface area contributed by atoms with Crippen LogP contribution in [0.15, 0.2) is 53.4 Å². The van der Waals surface area contributed by atoms with Crippen molar-refractivity contribution >= 4 is 15.8 Å². The van der Waals surface area contributed by atoms with Crippen LogP contribution in [0.3, 0.4) is 0 Å². The van der Waals surface area contributed by atoms with Crippen LogP contribution in [0.2, 0.25) is 0 Å². The summed E-state index contributed by atoms with van der Waals surface area (Å²) in [6.07, 6.45) is 0. The fraction of sp³-hybridized carbons (Fsp3) is 0.304. The fourth-order valence-corrected chi connectivity index (χ4v) is 5.72. The van der Waals surface area contributed by atoms with Gasteiger partial charge in [0, 0.05) is 31.7 Å². The summed E-state index contributed by atoms with van der Waals surface area (Å²) in [4.78, 5) is 2.44. The first kappa shape index (κ1) is 20.7. The van der Waals surface area contributed by atoms with Crippen molar-refractivity contribution in [1.29, 1.82) is 0 Å². The lowest BCUT2D eigenvalue weighted by Gasteiger charge is -2.34. The van der Waals surface area contributed by atoms with Crippen LogP contribution >= 0.6 is 0 Å². The number of benzene rings is 2. The second-order valence-corrected chi connectivity index (χ2v) is 9.91. The molecule has 0 N–H and O–H groups in total. The van der Waals surface area contributed by atoms with Crippen LogP contribution in [0.25, 0.3) is 11.3 Å². The molecule has 2 aliphatic heterocycles. The average molecular weight is 453 g/mol. The first-order valence-corrected chi connectivity index (χ1v) is 11.9. The monoisotopic (exact) mass is 452 g/mol. The summed E-state index contributed by atoms with van der Waals surface area (Å²) < 4.78 is 38.5. The van der Waals surface area contributed by atoms with Gasteiger partial charge in [0.1, 0.15) is 0 Å². The molecule has 1 aromatic heterocycles. The number of sulfonamides is 1. The number of fused-ring (bicyclic) bond motifs is 1. The third-order valence-corrected chi connectivity index (χ3v) is 7.89. The minimum Gasteiger partial charge on any atom is -0.454 e. The highest BCUT2D eigenvalue weighted by atomic mass is 32.2. The first-order chi connectivity index (χ1) is 15.4. The van der Waals surface area contributed by atoms with Crippen molar-refractivity contribution in [3.8, 4) is 22.8 Å². The van der Waals surface area contributed by atoms with Crippen molar-refractivity contribution in [2.45, 2.75) is 18.7 Å². The van der Waals surface area contributed by atoms with Crippen LogP contribution in [0.5, 0.6) is 11.5 Å². The Labute approximate surface area is 187 Å². The lowest BCUT2D eigenvalue weighted by molar-refractivity contribution is 0.174. The fourth-order valence-electron chi connectivity index (χ4n) is 4.09. The van der Waals surface area contributed by atoms with Crippen LogP contribution in [0.4, 0.5) is 5.82 Å². The molecule has 166 valence electrons. The van der Waals surface area contributed by atoms with E-state index in [1.165, 1.54) is 0 Å². The molecule has 9 heteroatoms. The standard InChI is InChI=1S/C23H24N4O4S/c1-16-3-7-22(17(2)13-16)32(28,29)27-11-9-26(10-12-27)23-8-5-19(24-25-23)18-4-6-20-21(14-18)31-15-30-20/h3-8,13-14H,9-12,15H2,1-2H3. The Balaban J connectivity index is 1.27. The lowest BCUT2D eigenvalue weighted by atomic mass is 10.1. The zero-order valence-electron chi connectivity index (χ0n) is 18.0. The van der Waals surface area contributed by atoms with Crippen molar-refractivity contribution in [3.05, 3.63) is 59.7 Å². The maximum atomic E-state index is 13.1. The molecule has 0 unspecified atom stereocenters. The van der Waals surface area contributed by atoms with Crippen LogP contribution in [0, 0.1) is 13.8 Å². The molecule has 3 aromatic rings. The number of piperazine rings is 1. The predicted molar refractivity (Wildman–Crippen MR) is 120 cm³/mol. The van der Waals surface area contributed by atoms with Gasteiger partial charge in [0.05, 0.1) is 10.6 Å². The third kappa shape index (κ3) is 3.78. The van der Waals surface area contributed by atoms with Gasteiger partial charge < -0.3 is 14.4 Å². The number of aryl methyl sites for hydroxylation is 2. The van der Waals surface area contributed by atoms with E-state index >= 15 is 0 Å². The van der Waals surface area contributed by atoms with E-state index in [0.717, 1.165) is 34.0 Å². The molecular weight excluding hydrogens is 428 g/mol. The van der Waals surface area contributed by atoms with Crippen LogP contribution < -0.4 is 14.4 Å². The van der Waals surface area contributed by atoms with E-state index in [0.29, 0.717) is 36.8 Å². The summed E-state index contributed by atoms with van der Waals surface area (Å²) in [7, 11) is -3.51. The molecule has 0 amide bonds. The number of nitrogens with zero attached hydrogens (tertiary/aromatic N) is 4. The zero-order valence-corrected chi connectivity index (χ0v) is 18.8. The van der Waals surface area contributed by atoms with Crippen LogP contribution in [-0.4, -0.2) is 55.9 Å². The van der Waals surface area contributed by atoms with E-state index in [4.69, 9.17) is 9.47 Å². The Morgan fingerprint density at radius 1 is 0.844 bits per heavy atom. The van der Waals surface area contributed by atoms with E-state index < -0.39 is 10.0 Å². The molecule has 0 spiro atoms. The number of hydrogen-bond donors (Lipinski definition) is 0. The van der Waals surface area contributed by atoms with Crippen molar-refractivity contribution < 1.29 is 17.9 Å². The zero-order chi connectivity index (χ0) is 22.3. The molecule has 5 rings (SSSR count). The van der Waals surface area contributed by atoms with Gasteiger partial charge in [-0.2, -0.15) is 4.31 Å². The van der Waals surface area contributed by atoms with Crippen LogP contribution in [0.1, 0.15) is 11.1 Å². The SMILES string of the molecule is Cc1ccc(S(=O)(=O)N2CCN(c3ccc(-c4ccc5c(c4)OCO5)nn3)CC2)c(C)c1. The maximum absolute atomic E-state index is 13.1. The van der Waals surface area contributed by atoms with E-state index in [9.17, 15) is 8.42 Å².